The molecule has 0 amide bonds. The van der Waals surface area contributed by atoms with Crippen LogP contribution in [0.25, 0.3) is 0 Å². The van der Waals surface area contributed by atoms with Crippen molar-refractivity contribution in [3.63, 3.8) is 0 Å². The van der Waals surface area contributed by atoms with E-state index in [-0.39, 0.29) is 0 Å². The lowest BCUT2D eigenvalue weighted by atomic mass is 9.86. The minimum absolute atomic E-state index is 0.561. The van der Waals surface area contributed by atoms with Gasteiger partial charge < -0.3 is 4.90 Å². The fourth-order valence-electron chi connectivity index (χ4n) is 1.76. The van der Waals surface area contributed by atoms with Crippen molar-refractivity contribution in [3.8, 4) is 12.3 Å². The van der Waals surface area contributed by atoms with E-state index in [2.05, 4.69) is 24.9 Å². The zero-order valence-corrected chi connectivity index (χ0v) is 7.51. The molecule has 0 aromatic carbocycles. The van der Waals surface area contributed by atoms with Crippen LogP contribution in [0, 0.1) is 18.3 Å². The molecule has 0 unspecified atom stereocenters. The summed E-state index contributed by atoms with van der Waals surface area (Å²) in [7, 11) is 4.31. The number of hydrogen-bond acceptors (Lipinski definition) is 1. The first-order chi connectivity index (χ1) is 5.24. The molecule has 11 heavy (non-hydrogen) atoms. The minimum Gasteiger partial charge on any atom is -0.306 e. The van der Waals surface area contributed by atoms with Crippen molar-refractivity contribution >= 4 is 0 Å². The Morgan fingerprint density at radius 1 is 1.18 bits per heavy atom. The smallest absolute Gasteiger partial charge is 0.0201 e. The average Bonchev–Trinajstić information content (AvgIpc) is 2.05. The summed E-state index contributed by atoms with van der Waals surface area (Å²) >= 11 is 0. The van der Waals surface area contributed by atoms with Crippen LogP contribution >= 0.6 is 0 Å². The molecular formula is C10H17N. The van der Waals surface area contributed by atoms with Gasteiger partial charge in [0.2, 0.25) is 0 Å². The summed E-state index contributed by atoms with van der Waals surface area (Å²) < 4.78 is 0. The van der Waals surface area contributed by atoms with Crippen molar-refractivity contribution in [2.24, 2.45) is 5.92 Å². The molecule has 0 radical (unpaired) electrons. The molecule has 62 valence electrons. The molecule has 1 aliphatic carbocycles. The second-order valence-corrected chi connectivity index (χ2v) is 3.64. The minimum atomic E-state index is 0.561. The van der Waals surface area contributed by atoms with Gasteiger partial charge in [-0.2, -0.15) is 0 Å². The van der Waals surface area contributed by atoms with Crippen LogP contribution in [0.5, 0.6) is 0 Å². The second-order valence-electron chi connectivity index (χ2n) is 3.64. The van der Waals surface area contributed by atoms with E-state index in [0.717, 1.165) is 6.04 Å². The molecule has 0 spiro atoms. The monoisotopic (exact) mass is 151 g/mol. The average molecular weight is 151 g/mol. The third-order valence-corrected chi connectivity index (χ3v) is 2.66. The van der Waals surface area contributed by atoms with E-state index in [1.54, 1.807) is 0 Å². The highest BCUT2D eigenvalue weighted by atomic mass is 15.1. The largest absolute Gasteiger partial charge is 0.306 e. The van der Waals surface area contributed by atoms with Crippen molar-refractivity contribution in [3.05, 3.63) is 0 Å². The van der Waals surface area contributed by atoms with Gasteiger partial charge in [0.05, 0.1) is 0 Å². The van der Waals surface area contributed by atoms with E-state index in [4.69, 9.17) is 6.42 Å². The van der Waals surface area contributed by atoms with Crippen LogP contribution in [0.1, 0.15) is 25.7 Å². The van der Waals surface area contributed by atoms with Gasteiger partial charge in [0.1, 0.15) is 0 Å². The Labute approximate surface area is 69.8 Å². The molecule has 0 aromatic heterocycles. The molecule has 1 nitrogen and oxygen atoms in total. The van der Waals surface area contributed by atoms with Gasteiger partial charge in [-0.15, -0.1) is 12.3 Å². The molecule has 1 heteroatoms. The molecule has 0 bridgehead atoms. The third-order valence-electron chi connectivity index (χ3n) is 2.66. The van der Waals surface area contributed by atoms with Gasteiger partial charge in [0.25, 0.3) is 0 Å². The maximum atomic E-state index is 5.36. The van der Waals surface area contributed by atoms with Gasteiger partial charge in [-0.1, -0.05) is 0 Å². The first-order valence-corrected chi connectivity index (χ1v) is 4.36. The zero-order chi connectivity index (χ0) is 8.27. The van der Waals surface area contributed by atoms with Crippen LogP contribution in [-0.4, -0.2) is 25.0 Å². The lowest BCUT2D eigenvalue weighted by Gasteiger charge is -2.30. The van der Waals surface area contributed by atoms with Gasteiger partial charge in [0.15, 0.2) is 0 Å². The molecule has 1 aliphatic rings. The lowest BCUT2D eigenvalue weighted by molar-refractivity contribution is 0.212. The maximum Gasteiger partial charge on any atom is 0.0201 e. The SMILES string of the molecule is C#CC1CCC(N(C)C)CC1. The molecule has 0 atom stereocenters. The van der Waals surface area contributed by atoms with Crippen LogP contribution in [0.2, 0.25) is 0 Å². The second kappa shape index (κ2) is 3.78. The summed E-state index contributed by atoms with van der Waals surface area (Å²) in [5, 5.41) is 0. The molecule has 1 saturated carbocycles. The molecule has 0 aromatic rings. The fraction of sp³-hybridized carbons (Fsp3) is 0.800. The molecule has 0 saturated heterocycles. The molecule has 1 fully saturated rings. The summed E-state index contributed by atoms with van der Waals surface area (Å²) in [5.74, 6) is 3.41. The Kier molecular flexibility index (Phi) is 2.96. The highest BCUT2D eigenvalue weighted by Crippen LogP contribution is 2.25. The Bertz CT molecular complexity index is 147. The lowest BCUT2D eigenvalue weighted by Crippen LogP contribution is -2.31. The maximum absolute atomic E-state index is 5.36. The Morgan fingerprint density at radius 3 is 2.09 bits per heavy atom. The standard InChI is InChI=1S/C10H17N/c1-4-9-5-7-10(8-6-9)11(2)3/h1,9-10H,5-8H2,2-3H3. The predicted molar refractivity (Wildman–Crippen MR) is 48.3 cm³/mol. The fourth-order valence-corrected chi connectivity index (χ4v) is 1.76. The van der Waals surface area contributed by atoms with Gasteiger partial charge in [-0.25, -0.2) is 0 Å². The molecule has 0 aliphatic heterocycles. The van der Waals surface area contributed by atoms with Crippen molar-refractivity contribution < 1.29 is 0 Å². The summed E-state index contributed by atoms with van der Waals surface area (Å²) in [6, 6.07) is 0.777. The van der Waals surface area contributed by atoms with Crippen LogP contribution in [0.3, 0.4) is 0 Å². The zero-order valence-electron chi connectivity index (χ0n) is 7.51. The summed E-state index contributed by atoms with van der Waals surface area (Å²) in [5.41, 5.74) is 0. The quantitative estimate of drug-likeness (QED) is 0.516. The number of rotatable bonds is 1. The van der Waals surface area contributed by atoms with Crippen LogP contribution < -0.4 is 0 Å². The number of terminal acetylenes is 1. The Hall–Kier alpha value is -0.480. The summed E-state index contributed by atoms with van der Waals surface area (Å²) in [6.07, 6.45) is 10.4. The van der Waals surface area contributed by atoms with Crippen molar-refractivity contribution in [1.82, 2.24) is 4.90 Å². The van der Waals surface area contributed by atoms with Gasteiger partial charge in [-0.3, -0.25) is 0 Å². The summed E-state index contributed by atoms with van der Waals surface area (Å²) in [6.45, 7) is 0. The van der Waals surface area contributed by atoms with E-state index in [1.807, 2.05) is 0 Å². The third kappa shape index (κ3) is 2.24. The first kappa shape index (κ1) is 8.62. The highest BCUT2D eigenvalue weighted by Gasteiger charge is 2.20. The highest BCUT2D eigenvalue weighted by molar-refractivity contribution is 4.96. The van der Waals surface area contributed by atoms with Gasteiger partial charge >= 0.3 is 0 Å². The first-order valence-electron chi connectivity index (χ1n) is 4.36. The van der Waals surface area contributed by atoms with Crippen molar-refractivity contribution in [1.29, 1.82) is 0 Å². The Balaban J connectivity index is 2.31. The van der Waals surface area contributed by atoms with Gasteiger partial charge in [-0.05, 0) is 39.8 Å². The predicted octanol–water partition coefficient (Wildman–Crippen LogP) is 1.74. The van der Waals surface area contributed by atoms with E-state index in [9.17, 15) is 0 Å². The van der Waals surface area contributed by atoms with Crippen LogP contribution in [0.15, 0.2) is 0 Å². The van der Waals surface area contributed by atoms with E-state index >= 15 is 0 Å². The molecule has 1 rings (SSSR count). The van der Waals surface area contributed by atoms with Gasteiger partial charge in [0, 0.05) is 12.0 Å². The number of nitrogens with zero attached hydrogens (tertiary/aromatic N) is 1. The van der Waals surface area contributed by atoms with E-state index in [0.29, 0.717) is 5.92 Å². The molecule has 0 N–H and O–H groups in total. The molecule has 0 heterocycles. The van der Waals surface area contributed by atoms with Crippen LogP contribution in [-0.2, 0) is 0 Å². The van der Waals surface area contributed by atoms with E-state index < -0.39 is 0 Å². The summed E-state index contributed by atoms with van der Waals surface area (Å²) in [4.78, 5) is 2.31. The Morgan fingerprint density at radius 2 is 1.73 bits per heavy atom. The molecular weight excluding hydrogens is 134 g/mol. The van der Waals surface area contributed by atoms with Crippen LogP contribution in [0.4, 0.5) is 0 Å². The van der Waals surface area contributed by atoms with Crippen molar-refractivity contribution in [2.75, 3.05) is 14.1 Å². The normalized spacial score (nSPS) is 31.8. The number of hydrogen-bond donors (Lipinski definition) is 0. The van der Waals surface area contributed by atoms with Crippen molar-refractivity contribution in [2.45, 2.75) is 31.7 Å². The topological polar surface area (TPSA) is 3.24 Å². The van der Waals surface area contributed by atoms with E-state index in [1.165, 1.54) is 25.7 Å².